The molecule has 1 N–H and O–H groups in total. The summed E-state index contributed by atoms with van der Waals surface area (Å²) in [4.78, 5) is 15.0. The van der Waals surface area contributed by atoms with Gasteiger partial charge in [0.1, 0.15) is 6.17 Å². The zero-order valence-corrected chi connectivity index (χ0v) is 13.7. The fraction of sp³-hybridized carbons (Fsp3) is 0.611. The van der Waals surface area contributed by atoms with E-state index in [1.54, 1.807) is 0 Å². The van der Waals surface area contributed by atoms with E-state index in [1.807, 2.05) is 0 Å². The Bertz CT molecular complexity index is 564. The van der Waals surface area contributed by atoms with Crippen LogP contribution in [-0.4, -0.2) is 22.9 Å². The fourth-order valence-corrected chi connectivity index (χ4v) is 3.43. The van der Waals surface area contributed by atoms with Crippen molar-refractivity contribution in [3.05, 3.63) is 35.4 Å². The van der Waals surface area contributed by atoms with Crippen molar-refractivity contribution in [1.82, 2.24) is 10.2 Å². The average molecular weight is 286 g/mol. The van der Waals surface area contributed by atoms with Crippen LogP contribution in [0, 0.1) is 18.3 Å². The number of carbonyl (C=O) groups excluding carboxylic acids is 1. The second kappa shape index (κ2) is 4.84. The molecule has 1 aromatic carbocycles. The second-order valence-corrected chi connectivity index (χ2v) is 7.66. The normalized spacial score (nSPS) is 31.0. The maximum Gasteiger partial charge on any atom is 0.241 e. The molecule has 1 heterocycles. The number of nitrogens with one attached hydrogen (secondary N) is 1. The number of nitrogens with zero attached hydrogens (tertiary/aromatic N) is 1. The van der Waals surface area contributed by atoms with Crippen LogP contribution in [0.2, 0.25) is 0 Å². The highest BCUT2D eigenvalue weighted by molar-refractivity contribution is 5.85. The maximum atomic E-state index is 12.8. The number of aryl methyl sites for hydroxylation is 1. The van der Waals surface area contributed by atoms with Gasteiger partial charge in [0.15, 0.2) is 0 Å². The summed E-state index contributed by atoms with van der Waals surface area (Å²) in [6.45, 7) is 10.8. The van der Waals surface area contributed by atoms with Crippen LogP contribution in [0.5, 0.6) is 0 Å². The van der Waals surface area contributed by atoms with Crippen LogP contribution in [0.4, 0.5) is 0 Å². The summed E-state index contributed by atoms with van der Waals surface area (Å²) in [5, 5.41) is 3.57. The molecule has 1 amide bonds. The molecule has 3 heteroatoms. The van der Waals surface area contributed by atoms with Gasteiger partial charge in [0.2, 0.25) is 5.91 Å². The minimum absolute atomic E-state index is 0.0246. The number of hydrogen-bond acceptors (Lipinski definition) is 2. The Morgan fingerprint density at radius 1 is 1.33 bits per heavy atom. The summed E-state index contributed by atoms with van der Waals surface area (Å²) in [6.07, 6.45) is 1.13. The summed E-state index contributed by atoms with van der Waals surface area (Å²) >= 11 is 0. The van der Waals surface area contributed by atoms with Gasteiger partial charge in [-0.1, -0.05) is 57.5 Å². The van der Waals surface area contributed by atoms with E-state index < -0.39 is 0 Å². The summed E-state index contributed by atoms with van der Waals surface area (Å²) in [5.74, 6) is 0.587. The molecule has 21 heavy (non-hydrogen) atoms. The maximum absolute atomic E-state index is 12.8. The number of amides is 1. The van der Waals surface area contributed by atoms with Crippen molar-refractivity contribution < 1.29 is 4.79 Å². The van der Waals surface area contributed by atoms with E-state index >= 15 is 0 Å². The van der Waals surface area contributed by atoms with Gasteiger partial charge in [-0.25, -0.2) is 0 Å². The summed E-state index contributed by atoms with van der Waals surface area (Å²) in [6, 6.07) is 8.80. The van der Waals surface area contributed by atoms with Gasteiger partial charge in [-0.2, -0.15) is 0 Å². The van der Waals surface area contributed by atoms with Gasteiger partial charge in [-0.05, 0) is 30.2 Å². The van der Waals surface area contributed by atoms with E-state index in [1.165, 1.54) is 11.1 Å². The molecular formula is C18H26N2O. The first kappa shape index (κ1) is 14.6. The largest absolute Gasteiger partial charge is 0.318 e. The van der Waals surface area contributed by atoms with Crippen molar-refractivity contribution in [2.45, 2.75) is 59.3 Å². The van der Waals surface area contributed by atoms with Gasteiger partial charge in [-0.15, -0.1) is 0 Å². The van der Waals surface area contributed by atoms with Crippen molar-refractivity contribution in [2.75, 3.05) is 0 Å². The van der Waals surface area contributed by atoms with Crippen LogP contribution in [0.25, 0.3) is 0 Å². The standard InChI is InChI=1S/C18H26N2O/c1-11(2)15-17(21)20(14-10-18(14,4)5)16(19-15)13-8-6-7-12(3)9-13/h6-9,11,14-16,19H,10H2,1-5H3. The van der Waals surface area contributed by atoms with Crippen LogP contribution in [0.15, 0.2) is 24.3 Å². The minimum Gasteiger partial charge on any atom is -0.318 e. The van der Waals surface area contributed by atoms with Crippen molar-refractivity contribution in [1.29, 1.82) is 0 Å². The van der Waals surface area contributed by atoms with Crippen molar-refractivity contribution in [3.63, 3.8) is 0 Å². The predicted octanol–water partition coefficient (Wildman–Crippen LogP) is 3.25. The fourth-order valence-electron chi connectivity index (χ4n) is 3.43. The molecule has 0 spiro atoms. The van der Waals surface area contributed by atoms with E-state index in [9.17, 15) is 4.79 Å². The predicted molar refractivity (Wildman–Crippen MR) is 84.7 cm³/mol. The lowest BCUT2D eigenvalue weighted by molar-refractivity contribution is -0.131. The Morgan fingerprint density at radius 3 is 2.52 bits per heavy atom. The smallest absolute Gasteiger partial charge is 0.241 e. The highest BCUT2D eigenvalue weighted by atomic mass is 16.2. The first-order valence-corrected chi connectivity index (χ1v) is 7.96. The zero-order chi connectivity index (χ0) is 15.4. The van der Waals surface area contributed by atoms with Gasteiger partial charge in [0, 0.05) is 6.04 Å². The van der Waals surface area contributed by atoms with Crippen molar-refractivity contribution >= 4 is 5.91 Å². The molecule has 114 valence electrons. The third-order valence-electron chi connectivity index (χ3n) is 4.96. The monoisotopic (exact) mass is 286 g/mol. The molecule has 2 fully saturated rings. The first-order valence-electron chi connectivity index (χ1n) is 7.96. The van der Waals surface area contributed by atoms with Crippen LogP contribution in [0.1, 0.15) is 51.4 Å². The molecule has 1 aromatic rings. The summed E-state index contributed by atoms with van der Waals surface area (Å²) in [5.41, 5.74) is 2.70. The van der Waals surface area contributed by atoms with Crippen LogP contribution in [-0.2, 0) is 4.79 Å². The molecule has 0 radical (unpaired) electrons. The topological polar surface area (TPSA) is 32.3 Å². The SMILES string of the molecule is Cc1cccc(C2NC(C(C)C)C(=O)N2C2CC2(C)C)c1. The highest BCUT2D eigenvalue weighted by Crippen LogP contribution is 2.52. The van der Waals surface area contributed by atoms with Gasteiger partial charge >= 0.3 is 0 Å². The molecule has 3 unspecified atom stereocenters. The van der Waals surface area contributed by atoms with E-state index in [0.717, 1.165) is 6.42 Å². The third kappa shape index (κ3) is 2.48. The van der Waals surface area contributed by atoms with Crippen LogP contribution >= 0.6 is 0 Å². The molecule has 1 saturated carbocycles. The third-order valence-corrected chi connectivity index (χ3v) is 4.96. The van der Waals surface area contributed by atoms with Crippen molar-refractivity contribution in [3.8, 4) is 0 Å². The lowest BCUT2D eigenvalue weighted by atomic mass is 10.0. The summed E-state index contributed by atoms with van der Waals surface area (Å²) in [7, 11) is 0. The summed E-state index contributed by atoms with van der Waals surface area (Å²) < 4.78 is 0. The lowest BCUT2D eigenvalue weighted by Crippen LogP contribution is -2.36. The van der Waals surface area contributed by atoms with Gasteiger partial charge < -0.3 is 4.90 Å². The molecule has 2 aliphatic rings. The van der Waals surface area contributed by atoms with E-state index in [-0.39, 0.29) is 23.5 Å². The molecule has 1 saturated heterocycles. The minimum atomic E-state index is -0.0630. The molecule has 3 rings (SSSR count). The highest BCUT2D eigenvalue weighted by Gasteiger charge is 2.56. The van der Waals surface area contributed by atoms with Gasteiger partial charge in [0.05, 0.1) is 6.04 Å². The Morgan fingerprint density at radius 2 is 2.00 bits per heavy atom. The van der Waals surface area contributed by atoms with Gasteiger partial charge in [0.25, 0.3) is 0 Å². The lowest BCUT2D eigenvalue weighted by Gasteiger charge is -2.26. The molecule has 0 bridgehead atoms. The van der Waals surface area contributed by atoms with Crippen molar-refractivity contribution in [2.24, 2.45) is 11.3 Å². The molecule has 1 aliphatic heterocycles. The first-order chi connectivity index (χ1) is 9.81. The Balaban J connectivity index is 1.95. The quantitative estimate of drug-likeness (QED) is 0.925. The molecular weight excluding hydrogens is 260 g/mol. The Kier molecular flexibility index (Phi) is 3.36. The van der Waals surface area contributed by atoms with E-state index in [4.69, 9.17) is 0 Å². The van der Waals surface area contributed by atoms with Crippen LogP contribution < -0.4 is 5.32 Å². The van der Waals surface area contributed by atoms with Crippen LogP contribution in [0.3, 0.4) is 0 Å². The molecule has 3 atom stereocenters. The number of carbonyl (C=O) groups is 1. The number of hydrogen-bond donors (Lipinski definition) is 1. The van der Waals surface area contributed by atoms with E-state index in [0.29, 0.717) is 12.0 Å². The molecule has 3 nitrogen and oxygen atoms in total. The zero-order valence-electron chi connectivity index (χ0n) is 13.7. The molecule has 1 aliphatic carbocycles. The Hall–Kier alpha value is -1.35. The second-order valence-electron chi connectivity index (χ2n) is 7.66. The Labute approximate surface area is 127 Å². The molecule has 0 aromatic heterocycles. The number of benzene rings is 1. The number of rotatable bonds is 3. The van der Waals surface area contributed by atoms with Gasteiger partial charge in [-0.3, -0.25) is 10.1 Å². The van der Waals surface area contributed by atoms with E-state index in [2.05, 4.69) is 69.1 Å². The average Bonchev–Trinajstić information content (AvgIpc) is 2.87.